The number of allylic oxidation sites excluding steroid dienone is 2. The van der Waals surface area contributed by atoms with Gasteiger partial charge in [0.2, 0.25) is 0 Å². The Labute approximate surface area is 264 Å². The van der Waals surface area contributed by atoms with Gasteiger partial charge in [-0.05, 0) is 51.7 Å². The minimum atomic E-state index is 0.881. The number of rotatable bonds is 5. The van der Waals surface area contributed by atoms with E-state index in [0.29, 0.717) is 0 Å². The molecule has 3 heteroatoms. The van der Waals surface area contributed by atoms with Crippen LogP contribution in [0.15, 0.2) is 127 Å². The lowest BCUT2D eigenvalue weighted by atomic mass is 9.93. The molecular weight excluding hydrogens is 567 g/mol. The first kappa shape index (κ1) is 27.1. The van der Waals surface area contributed by atoms with Gasteiger partial charge in [-0.3, -0.25) is 0 Å². The van der Waals surface area contributed by atoms with Crippen molar-refractivity contribution in [1.82, 2.24) is 4.98 Å². The monoisotopic (exact) mass is 595 g/mol. The third-order valence-corrected chi connectivity index (χ3v) is 9.95. The minimum absolute atomic E-state index is 0.881. The summed E-state index contributed by atoms with van der Waals surface area (Å²) in [5.41, 5.74) is 7.90. The Balaban J connectivity index is 1.46. The lowest BCUT2D eigenvalue weighted by Crippen LogP contribution is -2.21. The molecule has 0 aliphatic carbocycles. The molecule has 214 valence electrons. The molecule has 8 rings (SSSR count). The van der Waals surface area contributed by atoms with Crippen molar-refractivity contribution in [1.29, 1.82) is 0 Å². The quantitative estimate of drug-likeness (QED) is 0.185. The molecule has 0 amide bonds. The zero-order valence-electron chi connectivity index (χ0n) is 24.9. The van der Waals surface area contributed by atoms with E-state index in [-0.39, 0.29) is 0 Å². The van der Waals surface area contributed by atoms with Gasteiger partial charge in [-0.2, -0.15) is 0 Å². The Kier molecular flexibility index (Phi) is 6.37. The highest BCUT2D eigenvalue weighted by atomic mass is 32.1. The van der Waals surface area contributed by atoms with Gasteiger partial charge < -0.3 is 4.42 Å². The Morgan fingerprint density at radius 3 is 2.20 bits per heavy atom. The summed E-state index contributed by atoms with van der Waals surface area (Å²) in [4.78, 5) is 6.57. The summed E-state index contributed by atoms with van der Waals surface area (Å²) in [7, 11) is 0. The van der Waals surface area contributed by atoms with E-state index in [2.05, 4.69) is 111 Å². The molecule has 0 N–H and O–H groups in total. The number of thiophene rings is 1. The summed E-state index contributed by atoms with van der Waals surface area (Å²) >= 11 is 1.70. The molecule has 0 fully saturated rings. The van der Waals surface area contributed by atoms with Crippen LogP contribution in [0.3, 0.4) is 0 Å². The van der Waals surface area contributed by atoms with Crippen LogP contribution in [-0.4, -0.2) is 4.98 Å². The van der Waals surface area contributed by atoms with Crippen LogP contribution in [0.5, 0.6) is 0 Å². The highest BCUT2D eigenvalue weighted by Crippen LogP contribution is 2.44. The summed E-state index contributed by atoms with van der Waals surface area (Å²) in [6, 6.07) is 34.0. The maximum atomic E-state index is 6.62. The van der Waals surface area contributed by atoms with Gasteiger partial charge in [0.15, 0.2) is 0 Å². The van der Waals surface area contributed by atoms with Gasteiger partial charge >= 0.3 is 0 Å². The van der Waals surface area contributed by atoms with Crippen molar-refractivity contribution in [3.8, 4) is 11.3 Å². The van der Waals surface area contributed by atoms with Crippen LogP contribution in [0.1, 0.15) is 22.9 Å². The van der Waals surface area contributed by atoms with Gasteiger partial charge in [-0.1, -0.05) is 129 Å². The first-order chi connectivity index (χ1) is 22.1. The normalized spacial score (nSPS) is 12.6. The number of furan rings is 1. The van der Waals surface area contributed by atoms with Gasteiger partial charge in [0.25, 0.3) is 0 Å². The largest absolute Gasteiger partial charge is 0.455 e. The SMILES string of the molecule is C=C/C(c1cccc(-c2nc3c4ccccc4c4c5ccccc5oc4c3c3ccccc23)c1)=c1/sc(C=C)c(/C=C\C)c1=C. The Morgan fingerprint density at radius 2 is 1.47 bits per heavy atom. The molecule has 2 nitrogen and oxygen atoms in total. The van der Waals surface area contributed by atoms with Crippen molar-refractivity contribution in [2.24, 2.45) is 0 Å². The Morgan fingerprint density at radius 1 is 0.778 bits per heavy atom. The van der Waals surface area contributed by atoms with Crippen molar-refractivity contribution in [3.05, 3.63) is 148 Å². The molecule has 0 spiro atoms. The molecule has 0 saturated heterocycles. The van der Waals surface area contributed by atoms with Gasteiger partial charge in [0.1, 0.15) is 11.2 Å². The number of benzene rings is 5. The molecule has 45 heavy (non-hydrogen) atoms. The molecule has 0 radical (unpaired) electrons. The molecule has 0 saturated carbocycles. The van der Waals surface area contributed by atoms with E-state index in [1.165, 1.54) is 0 Å². The lowest BCUT2D eigenvalue weighted by Gasteiger charge is -2.14. The first-order valence-electron chi connectivity index (χ1n) is 15.0. The molecule has 3 aromatic heterocycles. The van der Waals surface area contributed by atoms with Crippen molar-refractivity contribution >= 4 is 90.0 Å². The van der Waals surface area contributed by atoms with Crippen molar-refractivity contribution in [3.63, 3.8) is 0 Å². The second-order valence-electron chi connectivity index (χ2n) is 11.2. The van der Waals surface area contributed by atoms with Crippen LogP contribution < -0.4 is 9.75 Å². The lowest BCUT2D eigenvalue weighted by molar-refractivity contribution is 0.673. The number of hydrogen-bond donors (Lipinski definition) is 0. The van der Waals surface area contributed by atoms with Crippen LogP contribution in [0.2, 0.25) is 0 Å². The molecule has 0 aliphatic rings. The van der Waals surface area contributed by atoms with Crippen LogP contribution in [0.4, 0.5) is 0 Å². The van der Waals surface area contributed by atoms with Crippen molar-refractivity contribution < 1.29 is 4.42 Å². The topological polar surface area (TPSA) is 26.0 Å². The first-order valence-corrected chi connectivity index (χ1v) is 15.8. The molecule has 0 atom stereocenters. The fourth-order valence-corrected chi connectivity index (χ4v) is 7.84. The fourth-order valence-electron chi connectivity index (χ4n) is 6.70. The summed E-state index contributed by atoms with van der Waals surface area (Å²) < 4.78 is 7.72. The summed E-state index contributed by atoms with van der Waals surface area (Å²) in [6.07, 6.45) is 7.99. The molecule has 0 aliphatic heterocycles. The summed E-state index contributed by atoms with van der Waals surface area (Å²) in [5.74, 6) is 0. The fraction of sp³-hybridized carbons (Fsp3) is 0.0238. The predicted octanol–water partition coefficient (Wildman–Crippen LogP) is 10.6. The van der Waals surface area contributed by atoms with Crippen LogP contribution >= 0.6 is 11.3 Å². The number of pyridine rings is 1. The van der Waals surface area contributed by atoms with Gasteiger partial charge in [-0.15, -0.1) is 11.3 Å². The van der Waals surface area contributed by atoms with Crippen molar-refractivity contribution in [2.75, 3.05) is 0 Å². The third kappa shape index (κ3) is 4.05. The smallest absolute Gasteiger partial charge is 0.146 e. The highest BCUT2D eigenvalue weighted by Gasteiger charge is 2.20. The average Bonchev–Trinajstić information content (AvgIpc) is 3.62. The number of para-hydroxylation sites is 1. The Hall–Kier alpha value is -5.51. The van der Waals surface area contributed by atoms with Crippen molar-refractivity contribution in [2.45, 2.75) is 6.92 Å². The van der Waals surface area contributed by atoms with Gasteiger partial charge in [0.05, 0.1) is 16.6 Å². The predicted molar refractivity (Wildman–Crippen MR) is 196 cm³/mol. The molecule has 3 heterocycles. The number of fused-ring (bicyclic) bond motifs is 10. The second-order valence-corrected chi connectivity index (χ2v) is 12.2. The second kappa shape index (κ2) is 10.6. The summed E-state index contributed by atoms with van der Waals surface area (Å²) in [6.45, 7) is 14.7. The maximum absolute atomic E-state index is 6.62. The van der Waals surface area contributed by atoms with E-state index in [1.807, 2.05) is 37.3 Å². The highest BCUT2D eigenvalue weighted by molar-refractivity contribution is 7.11. The van der Waals surface area contributed by atoms with Crippen LogP contribution in [0, 0.1) is 0 Å². The summed E-state index contributed by atoms with van der Waals surface area (Å²) in [5, 5.41) is 8.75. The minimum Gasteiger partial charge on any atom is -0.455 e. The van der Waals surface area contributed by atoms with E-state index in [0.717, 1.165) is 97.0 Å². The van der Waals surface area contributed by atoms with Crippen LogP contribution in [0.25, 0.3) is 89.9 Å². The number of aromatic nitrogens is 1. The molecule has 5 aromatic carbocycles. The number of hydrogen-bond acceptors (Lipinski definition) is 3. The van der Waals surface area contributed by atoms with E-state index >= 15 is 0 Å². The average molecular weight is 596 g/mol. The molecular formula is C42H29NOS. The zero-order valence-corrected chi connectivity index (χ0v) is 25.7. The van der Waals surface area contributed by atoms with Gasteiger partial charge in [-0.25, -0.2) is 4.98 Å². The zero-order chi connectivity index (χ0) is 30.7. The standard InChI is InChI=1S/C42H29NOS/c1-5-15-29-25(4)42(45-36(29)7-3)28(6-2)26-16-14-17-27(24-26)39-32-20-10-9-19-31(32)38-40(43-39)33-21-11-8-18-30(33)37-34-22-12-13-23-35(34)44-41(37)38/h5-24H,2-4H2,1H3/b15-5-,42-28-. The van der Waals surface area contributed by atoms with E-state index < -0.39 is 0 Å². The number of nitrogens with zero attached hydrogens (tertiary/aromatic N) is 1. The maximum Gasteiger partial charge on any atom is 0.146 e. The molecule has 0 bridgehead atoms. The van der Waals surface area contributed by atoms with Gasteiger partial charge in [0, 0.05) is 36.5 Å². The third-order valence-electron chi connectivity index (χ3n) is 8.68. The Bertz CT molecular complexity index is 2670. The molecule has 0 unspecified atom stereocenters. The van der Waals surface area contributed by atoms with E-state index in [1.54, 1.807) is 11.3 Å². The molecule has 8 aromatic rings. The van der Waals surface area contributed by atoms with E-state index in [4.69, 9.17) is 9.40 Å². The van der Waals surface area contributed by atoms with E-state index in [9.17, 15) is 0 Å². The van der Waals surface area contributed by atoms with Crippen LogP contribution in [-0.2, 0) is 0 Å².